The van der Waals surface area contributed by atoms with Gasteiger partial charge in [-0.05, 0) is 12.1 Å². The van der Waals surface area contributed by atoms with Gasteiger partial charge in [0.1, 0.15) is 5.75 Å². The highest BCUT2D eigenvalue weighted by Crippen LogP contribution is 2.09. The fraction of sp³-hybridized carbons (Fsp3) is 0.222. The number of benzene rings is 1. The van der Waals surface area contributed by atoms with Gasteiger partial charge in [0.2, 0.25) is 0 Å². The SMILES string of the molecule is C[SiH](C)C(=O)Oc1ccccc1. The molecule has 0 aliphatic rings. The molecule has 0 saturated heterocycles. The lowest BCUT2D eigenvalue weighted by atomic mass is 10.3. The smallest absolute Gasteiger partial charge is 0.272 e. The van der Waals surface area contributed by atoms with E-state index in [1.54, 1.807) is 12.1 Å². The Morgan fingerprint density at radius 1 is 1.25 bits per heavy atom. The largest absolute Gasteiger partial charge is 0.431 e. The van der Waals surface area contributed by atoms with Crippen LogP contribution in [-0.4, -0.2) is 14.4 Å². The highest BCUT2D eigenvalue weighted by molar-refractivity contribution is 6.86. The quantitative estimate of drug-likeness (QED) is 0.652. The van der Waals surface area contributed by atoms with Crippen molar-refractivity contribution < 1.29 is 9.53 Å². The number of hydrogen-bond donors (Lipinski definition) is 0. The molecule has 0 aliphatic heterocycles. The molecule has 0 saturated carbocycles. The molecule has 0 bridgehead atoms. The first-order valence-electron chi connectivity index (χ1n) is 3.97. The maximum atomic E-state index is 11.2. The van der Waals surface area contributed by atoms with E-state index in [-0.39, 0.29) is 5.59 Å². The van der Waals surface area contributed by atoms with Crippen LogP contribution in [0.2, 0.25) is 13.1 Å². The Bertz CT molecular complexity index is 256. The zero-order chi connectivity index (χ0) is 8.97. The summed E-state index contributed by atoms with van der Waals surface area (Å²) >= 11 is 0. The van der Waals surface area contributed by atoms with E-state index in [0.29, 0.717) is 5.75 Å². The van der Waals surface area contributed by atoms with Gasteiger partial charge in [0, 0.05) is 0 Å². The normalized spacial score (nSPS) is 9.92. The summed E-state index contributed by atoms with van der Waals surface area (Å²) in [5.41, 5.74) is -0.0544. The van der Waals surface area contributed by atoms with Crippen molar-refractivity contribution in [2.24, 2.45) is 0 Å². The molecule has 3 heteroatoms. The average molecular weight is 180 g/mol. The molecular weight excluding hydrogens is 168 g/mol. The minimum absolute atomic E-state index is 0.0544. The molecule has 0 unspecified atom stereocenters. The van der Waals surface area contributed by atoms with Crippen molar-refractivity contribution in [1.29, 1.82) is 0 Å². The van der Waals surface area contributed by atoms with E-state index in [4.69, 9.17) is 4.74 Å². The van der Waals surface area contributed by atoms with Crippen LogP contribution in [0.3, 0.4) is 0 Å². The van der Waals surface area contributed by atoms with Crippen LogP contribution in [-0.2, 0) is 0 Å². The lowest BCUT2D eigenvalue weighted by Crippen LogP contribution is -2.21. The molecule has 0 amide bonds. The Labute approximate surface area is 73.8 Å². The Morgan fingerprint density at radius 2 is 1.83 bits per heavy atom. The third kappa shape index (κ3) is 2.51. The second kappa shape index (κ2) is 4.06. The van der Waals surface area contributed by atoms with Crippen molar-refractivity contribution in [3.63, 3.8) is 0 Å². The zero-order valence-electron chi connectivity index (χ0n) is 7.28. The first-order valence-corrected chi connectivity index (χ1v) is 6.85. The second-order valence-electron chi connectivity index (χ2n) is 2.89. The van der Waals surface area contributed by atoms with E-state index in [9.17, 15) is 4.79 Å². The van der Waals surface area contributed by atoms with Gasteiger partial charge in [0.15, 0.2) is 8.80 Å². The van der Waals surface area contributed by atoms with Crippen LogP contribution in [0.5, 0.6) is 5.75 Å². The van der Waals surface area contributed by atoms with Crippen LogP contribution in [0.15, 0.2) is 30.3 Å². The molecule has 0 N–H and O–H groups in total. The number of ether oxygens (including phenoxy) is 1. The van der Waals surface area contributed by atoms with Gasteiger partial charge in [0.05, 0.1) is 0 Å². The van der Waals surface area contributed by atoms with Gasteiger partial charge in [-0.3, -0.25) is 4.79 Å². The summed E-state index contributed by atoms with van der Waals surface area (Å²) < 4.78 is 5.10. The predicted octanol–water partition coefficient (Wildman–Crippen LogP) is 2.25. The number of hydrogen-bond acceptors (Lipinski definition) is 2. The van der Waals surface area contributed by atoms with Crippen LogP contribution in [0.1, 0.15) is 0 Å². The average Bonchev–Trinajstić information content (AvgIpc) is 2.06. The Hall–Kier alpha value is -1.09. The minimum Gasteiger partial charge on any atom is -0.431 e. The molecule has 1 aromatic carbocycles. The predicted molar refractivity (Wildman–Crippen MR) is 51.3 cm³/mol. The molecule has 1 rings (SSSR count). The molecule has 0 radical (unpaired) electrons. The van der Waals surface area contributed by atoms with Crippen molar-refractivity contribution in [2.75, 3.05) is 0 Å². The minimum atomic E-state index is -1.30. The van der Waals surface area contributed by atoms with E-state index in [2.05, 4.69) is 0 Å². The molecule has 0 heterocycles. The second-order valence-corrected chi connectivity index (χ2v) is 5.67. The van der Waals surface area contributed by atoms with Crippen LogP contribution >= 0.6 is 0 Å². The molecule has 0 aromatic heterocycles. The summed E-state index contributed by atoms with van der Waals surface area (Å²) in [5.74, 6) is 0.642. The molecule has 0 atom stereocenters. The van der Waals surface area contributed by atoms with Gasteiger partial charge in [-0.2, -0.15) is 0 Å². The molecule has 2 nitrogen and oxygen atoms in total. The van der Waals surface area contributed by atoms with Crippen LogP contribution < -0.4 is 4.74 Å². The molecule has 1 aromatic rings. The van der Waals surface area contributed by atoms with E-state index in [1.807, 2.05) is 31.3 Å². The van der Waals surface area contributed by atoms with Crippen molar-refractivity contribution in [3.8, 4) is 5.75 Å². The highest BCUT2D eigenvalue weighted by Gasteiger charge is 2.10. The number of carbonyl (C=O) groups excluding carboxylic acids is 1. The maximum Gasteiger partial charge on any atom is 0.272 e. The van der Waals surface area contributed by atoms with Crippen molar-refractivity contribution in [2.45, 2.75) is 13.1 Å². The van der Waals surface area contributed by atoms with E-state index >= 15 is 0 Å². The fourth-order valence-corrected chi connectivity index (χ4v) is 1.09. The fourth-order valence-electron chi connectivity index (χ4n) is 0.723. The van der Waals surface area contributed by atoms with Gasteiger partial charge < -0.3 is 4.74 Å². The van der Waals surface area contributed by atoms with Crippen molar-refractivity contribution in [3.05, 3.63) is 30.3 Å². The summed E-state index contributed by atoms with van der Waals surface area (Å²) in [4.78, 5) is 11.2. The first kappa shape index (κ1) is 9.00. The molecule has 0 aliphatic carbocycles. The van der Waals surface area contributed by atoms with Crippen LogP contribution in [0.25, 0.3) is 0 Å². The Morgan fingerprint density at radius 3 is 2.33 bits per heavy atom. The maximum absolute atomic E-state index is 11.2. The summed E-state index contributed by atoms with van der Waals surface area (Å²) in [6, 6.07) is 9.17. The van der Waals surface area contributed by atoms with Gasteiger partial charge in [-0.1, -0.05) is 31.3 Å². The van der Waals surface area contributed by atoms with Crippen molar-refractivity contribution >= 4 is 14.4 Å². The van der Waals surface area contributed by atoms with E-state index in [1.165, 1.54) is 0 Å². The van der Waals surface area contributed by atoms with Crippen LogP contribution in [0, 0.1) is 0 Å². The first-order chi connectivity index (χ1) is 5.70. The van der Waals surface area contributed by atoms with Crippen molar-refractivity contribution in [1.82, 2.24) is 0 Å². The van der Waals surface area contributed by atoms with Gasteiger partial charge >= 0.3 is 0 Å². The number of rotatable bonds is 2. The number of para-hydroxylation sites is 1. The van der Waals surface area contributed by atoms with E-state index < -0.39 is 8.80 Å². The molecule has 64 valence electrons. The lowest BCUT2D eigenvalue weighted by Gasteiger charge is -2.04. The monoisotopic (exact) mass is 180 g/mol. The standard InChI is InChI=1S/C9H12O2Si/c1-12(2)9(10)11-8-6-4-3-5-7-8/h3-7,12H,1-2H3. The summed E-state index contributed by atoms with van der Waals surface area (Å²) in [6.07, 6.45) is 0. The topological polar surface area (TPSA) is 26.3 Å². The van der Waals surface area contributed by atoms with Gasteiger partial charge in [-0.15, -0.1) is 0 Å². The van der Waals surface area contributed by atoms with Crippen LogP contribution in [0.4, 0.5) is 4.79 Å². The van der Waals surface area contributed by atoms with E-state index in [0.717, 1.165) is 0 Å². The summed E-state index contributed by atoms with van der Waals surface area (Å²) in [6.45, 7) is 3.90. The molecular formula is C9H12O2Si. The summed E-state index contributed by atoms with van der Waals surface area (Å²) in [7, 11) is -1.30. The Kier molecular flexibility index (Phi) is 3.05. The lowest BCUT2D eigenvalue weighted by molar-refractivity contribution is 0.224. The molecule has 0 spiro atoms. The molecule has 0 fully saturated rings. The third-order valence-corrected chi connectivity index (χ3v) is 2.49. The zero-order valence-corrected chi connectivity index (χ0v) is 8.44. The van der Waals surface area contributed by atoms with Gasteiger partial charge in [0.25, 0.3) is 5.59 Å². The Balaban J connectivity index is 2.59. The van der Waals surface area contributed by atoms with Gasteiger partial charge in [-0.25, -0.2) is 0 Å². The summed E-state index contributed by atoms with van der Waals surface area (Å²) in [5, 5.41) is 0. The highest BCUT2D eigenvalue weighted by atomic mass is 28.3. The third-order valence-electron chi connectivity index (χ3n) is 1.43. The number of carbonyl (C=O) groups is 1. The molecule has 12 heavy (non-hydrogen) atoms.